The van der Waals surface area contributed by atoms with Gasteiger partial charge in [0, 0.05) is 19.6 Å². The predicted octanol–water partition coefficient (Wildman–Crippen LogP) is 0.592. The van der Waals surface area contributed by atoms with Crippen LogP contribution >= 0.6 is 0 Å². The Morgan fingerprint density at radius 3 is 2.44 bits per heavy atom. The van der Waals surface area contributed by atoms with E-state index in [1.807, 2.05) is 24.9 Å². The number of nitriles is 2. The molecule has 88 valence electrons. The van der Waals surface area contributed by atoms with Crippen molar-refractivity contribution >= 4 is 5.91 Å². The van der Waals surface area contributed by atoms with Crippen LogP contribution in [0.5, 0.6) is 0 Å². The zero-order chi connectivity index (χ0) is 12.6. The number of nitrogens with zero attached hydrogens (tertiary/aromatic N) is 4. The van der Waals surface area contributed by atoms with Crippen molar-refractivity contribution in [3.63, 3.8) is 0 Å². The number of hydrogen-bond acceptors (Lipinski definition) is 4. The molecule has 5 heteroatoms. The number of hydrogen-bond donors (Lipinski definition) is 0. The van der Waals surface area contributed by atoms with E-state index in [0.717, 1.165) is 0 Å². The minimum Gasteiger partial charge on any atom is -0.344 e. The molecule has 0 aromatic rings. The molecule has 1 amide bonds. The van der Waals surface area contributed by atoms with E-state index >= 15 is 0 Å². The molecule has 0 saturated heterocycles. The first-order valence-electron chi connectivity index (χ1n) is 5.21. The highest BCUT2D eigenvalue weighted by atomic mass is 16.2. The first-order valence-corrected chi connectivity index (χ1v) is 5.21. The summed E-state index contributed by atoms with van der Waals surface area (Å²) in [5.74, 6) is -0.0254. The second-order valence-corrected chi connectivity index (χ2v) is 3.85. The van der Waals surface area contributed by atoms with Gasteiger partial charge in [0.05, 0.1) is 31.5 Å². The number of carbonyl (C=O) groups excluding carboxylic acids is 1. The van der Waals surface area contributed by atoms with Gasteiger partial charge in [-0.05, 0) is 14.0 Å². The number of amides is 1. The quantitative estimate of drug-likeness (QED) is 0.659. The summed E-state index contributed by atoms with van der Waals surface area (Å²) in [6.07, 6.45) is 0.755. The second-order valence-electron chi connectivity index (χ2n) is 3.85. The van der Waals surface area contributed by atoms with Crippen molar-refractivity contribution in [2.75, 3.05) is 27.2 Å². The Morgan fingerprint density at radius 1 is 1.31 bits per heavy atom. The maximum atomic E-state index is 11.7. The fraction of sp³-hybridized carbons (Fsp3) is 0.727. The molecule has 16 heavy (non-hydrogen) atoms. The van der Waals surface area contributed by atoms with Crippen molar-refractivity contribution < 1.29 is 4.79 Å². The minimum atomic E-state index is -0.0254. The van der Waals surface area contributed by atoms with Crippen LogP contribution in [-0.4, -0.2) is 48.9 Å². The molecule has 0 heterocycles. The molecule has 0 N–H and O–H groups in total. The average Bonchev–Trinajstić information content (AvgIpc) is 2.25. The normalized spacial score (nSPS) is 11.6. The molecule has 0 spiro atoms. The fourth-order valence-electron chi connectivity index (χ4n) is 1.12. The van der Waals surface area contributed by atoms with Gasteiger partial charge in [-0.15, -0.1) is 0 Å². The van der Waals surface area contributed by atoms with Crippen molar-refractivity contribution in [1.29, 1.82) is 10.5 Å². The summed E-state index contributed by atoms with van der Waals surface area (Å²) >= 11 is 0. The lowest BCUT2D eigenvalue weighted by molar-refractivity contribution is -0.131. The summed E-state index contributed by atoms with van der Waals surface area (Å²) in [6.45, 7) is 2.65. The molecule has 0 aromatic carbocycles. The Hall–Kier alpha value is -1.59. The van der Waals surface area contributed by atoms with Crippen LogP contribution in [0.2, 0.25) is 0 Å². The lowest BCUT2D eigenvalue weighted by Crippen LogP contribution is -2.40. The third-order valence-electron chi connectivity index (χ3n) is 2.51. The SMILES string of the molecule is CC(CC#N)N(C)CC(=O)N(C)CCC#N. The first kappa shape index (κ1) is 14.4. The van der Waals surface area contributed by atoms with Crippen molar-refractivity contribution in [2.45, 2.75) is 25.8 Å². The highest BCUT2D eigenvalue weighted by Gasteiger charge is 2.15. The molecule has 0 aromatic heterocycles. The maximum absolute atomic E-state index is 11.7. The Balaban J connectivity index is 4.04. The molecule has 0 fully saturated rings. The lowest BCUT2D eigenvalue weighted by atomic mass is 10.2. The molecular weight excluding hydrogens is 204 g/mol. The smallest absolute Gasteiger partial charge is 0.236 e. The summed E-state index contributed by atoms with van der Waals surface area (Å²) in [7, 11) is 3.50. The van der Waals surface area contributed by atoms with Gasteiger partial charge in [-0.25, -0.2) is 0 Å². The Kier molecular flexibility index (Phi) is 6.91. The van der Waals surface area contributed by atoms with E-state index in [2.05, 4.69) is 6.07 Å². The van der Waals surface area contributed by atoms with Crippen LogP contribution in [0.1, 0.15) is 19.8 Å². The summed E-state index contributed by atoms with van der Waals surface area (Å²) in [5, 5.41) is 16.9. The van der Waals surface area contributed by atoms with E-state index in [0.29, 0.717) is 19.4 Å². The molecule has 5 nitrogen and oxygen atoms in total. The van der Waals surface area contributed by atoms with E-state index in [9.17, 15) is 4.79 Å². The minimum absolute atomic E-state index is 0.0254. The van der Waals surface area contributed by atoms with Crippen LogP contribution in [0.3, 0.4) is 0 Å². The number of likely N-dealkylation sites (N-methyl/N-ethyl adjacent to an activating group) is 2. The lowest BCUT2D eigenvalue weighted by Gasteiger charge is -2.24. The van der Waals surface area contributed by atoms with Gasteiger partial charge in [-0.3, -0.25) is 9.69 Å². The van der Waals surface area contributed by atoms with Gasteiger partial charge in [-0.1, -0.05) is 0 Å². The molecular formula is C11H18N4O. The summed E-state index contributed by atoms with van der Waals surface area (Å²) in [6, 6.07) is 4.14. The van der Waals surface area contributed by atoms with Crippen LogP contribution in [0, 0.1) is 22.7 Å². The molecule has 0 rings (SSSR count). The molecule has 0 aliphatic carbocycles. The standard InChI is InChI=1S/C11H18N4O/c1-10(5-7-13)15(3)9-11(16)14(2)8-4-6-12/h10H,4-5,8-9H2,1-3H3. The van der Waals surface area contributed by atoms with Crippen molar-refractivity contribution in [1.82, 2.24) is 9.80 Å². The Morgan fingerprint density at radius 2 is 1.94 bits per heavy atom. The van der Waals surface area contributed by atoms with Crippen molar-refractivity contribution in [3.05, 3.63) is 0 Å². The topological polar surface area (TPSA) is 71.1 Å². The molecule has 0 bridgehead atoms. The molecule has 0 saturated carbocycles. The monoisotopic (exact) mass is 222 g/mol. The third kappa shape index (κ3) is 5.33. The molecule has 0 radical (unpaired) electrons. The average molecular weight is 222 g/mol. The first-order chi connectivity index (χ1) is 7.52. The van der Waals surface area contributed by atoms with Gasteiger partial charge in [-0.2, -0.15) is 10.5 Å². The van der Waals surface area contributed by atoms with Gasteiger partial charge < -0.3 is 4.90 Å². The zero-order valence-electron chi connectivity index (χ0n) is 10.1. The summed E-state index contributed by atoms with van der Waals surface area (Å²) in [5.41, 5.74) is 0. The number of carbonyl (C=O) groups is 1. The van der Waals surface area contributed by atoms with Gasteiger partial charge in [0.25, 0.3) is 0 Å². The number of rotatable bonds is 6. The van der Waals surface area contributed by atoms with Crippen LogP contribution in [0.15, 0.2) is 0 Å². The summed E-state index contributed by atoms with van der Waals surface area (Å²) < 4.78 is 0. The second kappa shape index (κ2) is 7.67. The molecule has 1 unspecified atom stereocenters. The van der Waals surface area contributed by atoms with Crippen molar-refractivity contribution in [3.8, 4) is 12.1 Å². The van der Waals surface area contributed by atoms with Gasteiger partial charge >= 0.3 is 0 Å². The Bertz CT molecular complexity index is 302. The van der Waals surface area contributed by atoms with Crippen LogP contribution in [0.25, 0.3) is 0 Å². The largest absolute Gasteiger partial charge is 0.344 e. The zero-order valence-corrected chi connectivity index (χ0v) is 10.1. The van der Waals surface area contributed by atoms with Crippen molar-refractivity contribution in [2.24, 2.45) is 0 Å². The van der Waals surface area contributed by atoms with Crippen LogP contribution < -0.4 is 0 Å². The van der Waals surface area contributed by atoms with Crippen LogP contribution in [-0.2, 0) is 4.79 Å². The molecule has 1 atom stereocenters. The van der Waals surface area contributed by atoms with Gasteiger partial charge in [0.2, 0.25) is 5.91 Å². The van der Waals surface area contributed by atoms with E-state index in [1.54, 1.807) is 11.9 Å². The maximum Gasteiger partial charge on any atom is 0.236 e. The third-order valence-corrected chi connectivity index (χ3v) is 2.51. The molecule has 0 aliphatic rings. The van der Waals surface area contributed by atoms with Gasteiger partial charge in [0.15, 0.2) is 0 Å². The van der Waals surface area contributed by atoms with Gasteiger partial charge in [0.1, 0.15) is 0 Å². The predicted molar refractivity (Wildman–Crippen MR) is 60.2 cm³/mol. The Labute approximate surface area is 96.9 Å². The highest BCUT2D eigenvalue weighted by molar-refractivity contribution is 5.77. The summed E-state index contributed by atoms with van der Waals surface area (Å²) in [4.78, 5) is 15.0. The van der Waals surface area contributed by atoms with E-state index < -0.39 is 0 Å². The van der Waals surface area contributed by atoms with E-state index in [1.165, 1.54) is 0 Å². The highest BCUT2D eigenvalue weighted by Crippen LogP contribution is 2.00. The molecule has 0 aliphatic heterocycles. The fourth-order valence-corrected chi connectivity index (χ4v) is 1.12. The van der Waals surface area contributed by atoms with Crippen LogP contribution in [0.4, 0.5) is 0 Å². The van der Waals surface area contributed by atoms with E-state index in [-0.39, 0.29) is 18.5 Å². The van der Waals surface area contributed by atoms with E-state index in [4.69, 9.17) is 10.5 Å².